The van der Waals surface area contributed by atoms with E-state index in [1.165, 1.54) is 17.7 Å². The molecule has 124 valence electrons. The third kappa shape index (κ3) is 4.32. The highest BCUT2D eigenvalue weighted by Crippen LogP contribution is 2.23. The monoisotopic (exact) mass is 330 g/mol. The molecule has 2 nitrogen and oxygen atoms in total. The maximum Gasteiger partial charge on any atom is 0.123 e. The zero-order chi connectivity index (χ0) is 17.6. The predicted molar refractivity (Wildman–Crippen MR) is 98.2 cm³/mol. The van der Waals surface area contributed by atoms with Gasteiger partial charge in [0, 0.05) is 13.1 Å². The number of nitriles is 1. The van der Waals surface area contributed by atoms with Gasteiger partial charge in [0.15, 0.2) is 0 Å². The molecule has 0 fully saturated rings. The minimum Gasteiger partial charge on any atom is -0.298 e. The Labute approximate surface area is 147 Å². The molecule has 3 heteroatoms. The Hall–Kier alpha value is -2.96. The van der Waals surface area contributed by atoms with E-state index in [4.69, 9.17) is 0 Å². The van der Waals surface area contributed by atoms with Crippen molar-refractivity contribution in [2.75, 3.05) is 7.05 Å². The van der Waals surface area contributed by atoms with Crippen molar-refractivity contribution in [1.82, 2.24) is 4.90 Å². The summed E-state index contributed by atoms with van der Waals surface area (Å²) >= 11 is 0. The molecule has 25 heavy (non-hydrogen) atoms. The second-order valence-electron chi connectivity index (χ2n) is 6.15. The van der Waals surface area contributed by atoms with Crippen molar-refractivity contribution in [2.45, 2.75) is 13.1 Å². The summed E-state index contributed by atoms with van der Waals surface area (Å²) in [6.07, 6.45) is 0. The van der Waals surface area contributed by atoms with Gasteiger partial charge in [0.2, 0.25) is 0 Å². The molecule has 0 atom stereocenters. The SMILES string of the molecule is CN(Cc1ccc(F)cc1)Cc1ccc(-c2ccccc2C#N)cc1. The second kappa shape index (κ2) is 7.74. The highest BCUT2D eigenvalue weighted by Gasteiger charge is 2.06. The fraction of sp³-hybridized carbons (Fsp3) is 0.136. The minimum atomic E-state index is -0.209. The van der Waals surface area contributed by atoms with Gasteiger partial charge in [0.25, 0.3) is 0 Å². The maximum atomic E-state index is 13.0. The smallest absolute Gasteiger partial charge is 0.123 e. The van der Waals surface area contributed by atoms with Gasteiger partial charge in [0.05, 0.1) is 11.6 Å². The van der Waals surface area contributed by atoms with E-state index in [-0.39, 0.29) is 5.82 Å². The van der Waals surface area contributed by atoms with Crippen molar-refractivity contribution in [3.8, 4) is 17.2 Å². The average Bonchev–Trinajstić information content (AvgIpc) is 2.64. The Morgan fingerprint density at radius 3 is 2.00 bits per heavy atom. The molecule has 0 aromatic heterocycles. The van der Waals surface area contributed by atoms with E-state index in [0.29, 0.717) is 5.56 Å². The van der Waals surface area contributed by atoms with Crippen molar-refractivity contribution >= 4 is 0 Å². The van der Waals surface area contributed by atoms with Gasteiger partial charge in [0.1, 0.15) is 5.82 Å². The Kier molecular flexibility index (Phi) is 5.23. The Balaban J connectivity index is 1.68. The zero-order valence-corrected chi connectivity index (χ0v) is 14.1. The van der Waals surface area contributed by atoms with Gasteiger partial charge in [-0.3, -0.25) is 4.90 Å². The fourth-order valence-electron chi connectivity index (χ4n) is 2.89. The normalized spacial score (nSPS) is 10.6. The number of halogens is 1. The van der Waals surface area contributed by atoms with Gasteiger partial charge in [-0.25, -0.2) is 4.39 Å². The second-order valence-corrected chi connectivity index (χ2v) is 6.15. The van der Waals surface area contributed by atoms with E-state index >= 15 is 0 Å². The molecule has 0 aliphatic heterocycles. The summed E-state index contributed by atoms with van der Waals surface area (Å²) in [4.78, 5) is 2.19. The van der Waals surface area contributed by atoms with Crippen LogP contribution in [0.15, 0.2) is 72.8 Å². The summed E-state index contributed by atoms with van der Waals surface area (Å²) < 4.78 is 13.0. The summed E-state index contributed by atoms with van der Waals surface area (Å²) in [5.41, 5.74) is 4.97. The van der Waals surface area contributed by atoms with Crippen LogP contribution < -0.4 is 0 Å². The van der Waals surface area contributed by atoms with Gasteiger partial charge in [-0.2, -0.15) is 5.26 Å². The van der Waals surface area contributed by atoms with Crippen LogP contribution >= 0.6 is 0 Å². The summed E-state index contributed by atoms with van der Waals surface area (Å²) in [7, 11) is 2.04. The van der Waals surface area contributed by atoms with Crippen molar-refractivity contribution in [3.63, 3.8) is 0 Å². The molecule has 0 aliphatic carbocycles. The first kappa shape index (κ1) is 16.9. The van der Waals surface area contributed by atoms with E-state index in [0.717, 1.165) is 29.8 Å². The maximum absolute atomic E-state index is 13.0. The Bertz CT molecular complexity index is 877. The first-order valence-corrected chi connectivity index (χ1v) is 8.17. The lowest BCUT2D eigenvalue weighted by atomic mass is 9.99. The molecule has 3 aromatic carbocycles. The van der Waals surface area contributed by atoms with Crippen LogP contribution in [0, 0.1) is 17.1 Å². The van der Waals surface area contributed by atoms with Crippen molar-refractivity contribution in [1.29, 1.82) is 5.26 Å². The Morgan fingerprint density at radius 2 is 1.40 bits per heavy atom. The molecule has 0 saturated heterocycles. The van der Waals surface area contributed by atoms with Crippen LogP contribution in [0.25, 0.3) is 11.1 Å². The number of hydrogen-bond acceptors (Lipinski definition) is 2. The first-order chi connectivity index (χ1) is 12.2. The van der Waals surface area contributed by atoms with E-state index < -0.39 is 0 Å². The Morgan fingerprint density at radius 1 is 0.840 bits per heavy atom. The quantitative estimate of drug-likeness (QED) is 0.658. The van der Waals surface area contributed by atoms with E-state index in [2.05, 4.69) is 35.2 Å². The molecular formula is C22H19FN2. The molecular weight excluding hydrogens is 311 g/mol. The number of benzene rings is 3. The van der Waals surface area contributed by atoms with Gasteiger partial charge in [-0.15, -0.1) is 0 Å². The van der Waals surface area contributed by atoms with Crippen LogP contribution in [-0.4, -0.2) is 11.9 Å². The zero-order valence-electron chi connectivity index (χ0n) is 14.1. The third-order valence-corrected chi connectivity index (χ3v) is 4.13. The van der Waals surface area contributed by atoms with Crippen molar-refractivity contribution < 1.29 is 4.39 Å². The van der Waals surface area contributed by atoms with Gasteiger partial charge in [-0.05, 0) is 47.5 Å². The number of rotatable bonds is 5. The van der Waals surface area contributed by atoms with E-state index in [1.807, 2.05) is 43.4 Å². The van der Waals surface area contributed by atoms with E-state index in [1.54, 1.807) is 0 Å². The standard InChI is InChI=1S/C22H19FN2/c1-25(16-18-8-12-21(23)13-9-18)15-17-6-10-19(11-7-17)22-5-3-2-4-20(22)14-24/h2-13H,15-16H2,1H3. The molecule has 0 radical (unpaired) electrons. The van der Waals surface area contributed by atoms with Crippen LogP contribution in [0.2, 0.25) is 0 Å². The molecule has 3 rings (SSSR count). The summed E-state index contributed by atoms with van der Waals surface area (Å²) in [5.74, 6) is -0.209. The molecule has 0 spiro atoms. The molecule has 0 N–H and O–H groups in total. The molecule has 0 heterocycles. The highest BCUT2D eigenvalue weighted by atomic mass is 19.1. The minimum absolute atomic E-state index is 0.209. The molecule has 3 aromatic rings. The summed E-state index contributed by atoms with van der Waals surface area (Å²) in [6.45, 7) is 1.57. The van der Waals surface area contributed by atoms with Crippen LogP contribution in [0.1, 0.15) is 16.7 Å². The fourth-order valence-corrected chi connectivity index (χ4v) is 2.89. The van der Waals surface area contributed by atoms with Crippen molar-refractivity contribution in [3.05, 3.63) is 95.3 Å². The topological polar surface area (TPSA) is 27.0 Å². The van der Waals surface area contributed by atoms with Gasteiger partial charge < -0.3 is 0 Å². The van der Waals surface area contributed by atoms with Crippen LogP contribution in [0.3, 0.4) is 0 Å². The van der Waals surface area contributed by atoms with Crippen LogP contribution in [-0.2, 0) is 13.1 Å². The number of hydrogen-bond donors (Lipinski definition) is 0. The largest absolute Gasteiger partial charge is 0.298 e. The lowest BCUT2D eigenvalue weighted by Gasteiger charge is -2.17. The van der Waals surface area contributed by atoms with E-state index in [9.17, 15) is 9.65 Å². The number of nitrogens with zero attached hydrogens (tertiary/aromatic N) is 2. The molecule has 0 aliphatic rings. The van der Waals surface area contributed by atoms with Crippen molar-refractivity contribution in [2.24, 2.45) is 0 Å². The lowest BCUT2D eigenvalue weighted by Crippen LogP contribution is -2.17. The molecule has 0 unspecified atom stereocenters. The van der Waals surface area contributed by atoms with Gasteiger partial charge in [-0.1, -0.05) is 54.6 Å². The predicted octanol–water partition coefficient (Wildman–Crippen LogP) is 5.00. The summed E-state index contributed by atoms with van der Waals surface area (Å²) in [6, 6.07) is 24.7. The third-order valence-electron chi connectivity index (χ3n) is 4.13. The van der Waals surface area contributed by atoms with Crippen LogP contribution in [0.4, 0.5) is 4.39 Å². The molecule has 0 saturated carbocycles. The molecule has 0 amide bonds. The van der Waals surface area contributed by atoms with Crippen LogP contribution in [0.5, 0.6) is 0 Å². The first-order valence-electron chi connectivity index (χ1n) is 8.17. The highest BCUT2D eigenvalue weighted by molar-refractivity contribution is 5.70. The average molecular weight is 330 g/mol. The lowest BCUT2D eigenvalue weighted by molar-refractivity contribution is 0.319. The summed E-state index contributed by atoms with van der Waals surface area (Å²) in [5, 5.41) is 9.23. The molecule has 0 bridgehead atoms. The van der Waals surface area contributed by atoms with Gasteiger partial charge >= 0.3 is 0 Å².